The van der Waals surface area contributed by atoms with Crippen LogP contribution in [0.2, 0.25) is 0 Å². The Kier molecular flexibility index (Phi) is 3.29. The SMILES string of the molecule is CC1(C)CCCC(Cl)(C(=O)Cl)CC1. The molecule has 0 aromatic heterocycles. The molecular weight excluding hydrogens is 207 g/mol. The zero-order chi connectivity index (χ0) is 10.1. The number of hydrogen-bond acceptors (Lipinski definition) is 1. The molecule has 1 aliphatic carbocycles. The molecule has 13 heavy (non-hydrogen) atoms. The quantitative estimate of drug-likeness (QED) is 0.376. The number of halogens is 2. The Hall–Kier alpha value is 0.250. The van der Waals surface area contributed by atoms with Gasteiger partial charge in [-0.3, -0.25) is 4.79 Å². The van der Waals surface area contributed by atoms with Crippen molar-refractivity contribution >= 4 is 28.4 Å². The van der Waals surface area contributed by atoms with Crippen molar-refractivity contribution < 1.29 is 4.79 Å². The molecule has 0 spiro atoms. The monoisotopic (exact) mass is 222 g/mol. The van der Waals surface area contributed by atoms with Gasteiger partial charge in [0.15, 0.2) is 0 Å². The third kappa shape index (κ3) is 2.85. The number of carbonyl (C=O) groups excluding carboxylic acids is 1. The zero-order valence-electron chi connectivity index (χ0n) is 8.20. The van der Waals surface area contributed by atoms with E-state index >= 15 is 0 Å². The summed E-state index contributed by atoms with van der Waals surface area (Å²) >= 11 is 11.7. The Bertz CT molecular complexity index is 213. The summed E-state index contributed by atoms with van der Waals surface area (Å²) in [4.78, 5) is 10.3. The third-order valence-electron chi connectivity index (χ3n) is 2.98. The Morgan fingerprint density at radius 2 is 1.77 bits per heavy atom. The Morgan fingerprint density at radius 1 is 1.15 bits per heavy atom. The Balaban J connectivity index is 2.69. The van der Waals surface area contributed by atoms with Gasteiger partial charge in [-0.2, -0.15) is 0 Å². The van der Waals surface area contributed by atoms with E-state index in [1.807, 2.05) is 0 Å². The number of alkyl halides is 1. The van der Waals surface area contributed by atoms with Crippen molar-refractivity contribution in [3.05, 3.63) is 0 Å². The largest absolute Gasteiger partial charge is 0.279 e. The first kappa shape index (κ1) is 11.3. The number of carbonyl (C=O) groups is 1. The molecule has 3 heteroatoms. The molecule has 1 saturated carbocycles. The van der Waals surface area contributed by atoms with Gasteiger partial charge in [0, 0.05) is 0 Å². The minimum atomic E-state index is -0.782. The molecule has 1 atom stereocenters. The number of rotatable bonds is 1. The highest BCUT2D eigenvalue weighted by atomic mass is 35.5. The second-order valence-corrected chi connectivity index (χ2v) is 5.82. The van der Waals surface area contributed by atoms with Crippen LogP contribution in [0.15, 0.2) is 0 Å². The highest BCUT2D eigenvalue weighted by Gasteiger charge is 2.38. The summed E-state index contributed by atoms with van der Waals surface area (Å²) in [6.07, 6.45) is 4.54. The molecule has 0 aromatic rings. The average molecular weight is 223 g/mol. The minimum Gasteiger partial charge on any atom is -0.279 e. The van der Waals surface area contributed by atoms with Gasteiger partial charge in [0.1, 0.15) is 4.87 Å². The van der Waals surface area contributed by atoms with E-state index in [4.69, 9.17) is 23.2 Å². The van der Waals surface area contributed by atoms with E-state index in [2.05, 4.69) is 13.8 Å². The van der Waals surface area contributed by atoms with Crippen LogP contribution in [0, 0.1) is 5.41 Å². The summed E-state index contributed by atoms with van der Waals surface area (Å²) in [7, 11) is 0. The summed E-state index contributed by atoms with van der Waals surface area (Å²) < 4.78 is 0. The summed E-state index contributed by atoms with van der Waals surface area (Å²) in [5.41, 5.74) is 0.309. The third-order valence-corrected chi connectivity index (χ3v) is 3.98. The van der Waals surface area contributed by atoms with Crippen LogP contribution in [0.4, 0.5) is 0 Å². The Morgan fingerprint density at radius 3 is 2.31 bits per heavy atom. The van der Waals surface area contributed by atoms with Crippen LogP contribution < -0.4 is 0 Å². The van der Waals surface area contributed by atoms with Gasteiger partial charge in [-0.05, 0) is 42.7 Å². The first-order valence-electron chi connectivity index (χ1n) is 4.75. The van der Waals surface area contributed by atoms with Crippen molar-refractivity contribution in [2.24, 2.45) is 5.41 Å². The molecule has 0 aromatic carbocycles. The van der Waals surface area contributed by atoms with E-state index in [-0.39, 0.29) is 5.24 Å². The van der Waals surface area contributed by atoms with Gasteiger partial charge in [-0.25, -0.2) is 0 Å². The van der Waals surface area contributed by atoms with Gasteiger partial charge in [-0.1, -0.05) is 20.3 Å². The fourth-order valence-corrected chi connectivity index (χ4v) is 2.25. The van der Waals surface area contributed by atoms with Crippen molar-refractivity contribution in [2.45, 2.75) is 50.8 Å². The first-order valence-corrected chi connectivity index (χ1v) is 5.50. The second kappa shape index (κ2) is 3.78. The standard InChI is InChI=1S/C10H16Cl2O/c1-9(2)4-3-5-10(12,7-6-9)8(11)13/h3-7H2,1-2H3. The lowest BCUT2D eigenvalue weighted by atomic mass is 9.85. The molecule has 0 aliphatic heterocycles. The van der Waals surface area contributed by atoms with Crippen molar-refractivity contribution in [3.8, 4) is 0 Å². The van der Waals surface area contributed by atoms with Crippen LogP contribution in [-0.2, 0) is 4.79 Å². The fourth-order valence-electron chi connectivity index (χ4n) is 1.83. The van der Waals surface area contributed by atoms with Gasteiger partial charge < -0.3 is 0 Å². The molecule has 76 valence electrons. The van der Waals surface area contributed by atoms with Crippen LogP contribution in [-0.4, -0.2) is 10.1 Å². The van der Waals surface area contributed by atoms with Gasteiger partial charge in [0.25, 0.3) is 0 Å². The van der Waals surface area contributed by atoms with E-state index in [0.29, 0.717) is 11.8 Å². The van der Waals surface area contributed by atoms with Gasteiger partial charge in [0.05, 0.1) is 0 Å². The van der Waals surface area contributed by atoms with Crippen LogP contribution in [0.5, 0.6) is 0 Å². The van der Waals surface area contributed by atoms with Crippen molar-refractivity contribution in [3.63, 3.8) is 0 Å². The molecule has 0 heterocycles. The van der Waals surface area contributed by atoms with Crippen LogP contribution in [0.1, 0.15) is 46.0 Å². The highest BCUT2D eigenvalue weighted by Crippen LogP contribution is 2.42. The van der Waals surface area contributed by atoms with Gasteiger partial charge in [0.2, 0.25) is 5.24 Å². The molecule has 1 aliphatic rings. The molecular formula is C10H16Cl2O. The zero-order valence-corrected chi connectivity index (χ0v) is 9.71. The van der Waals surface area contributed by atoms with Gasteiger partial charge in [-0.15, -0.1) is 11.6 Å². The van der Waals surface area contributed by atoms with Gasteiger partial charge >= 0.3 is 0 Å². The minimum absolute atomic E-state index is 0.309. The summed E-state index contributed by atoms with van der Waals surface area (Å²) in [5, 5.41) is -0.383. The van der Waals surface area contributed by atoms with Crippen LogP contribution in [0.25, 0.3) is 0 Å². The first-order chi connectivity index (χ1) is 5.86. The molecule has 1 unspecified atom stereocenters. The van der Waals surface area contributed by atoms with E-state index in [1.165, 1.54) is 0 Å². The topological polar surface area (TPSA) is 17.1 Å². The molecule has 1 fully saturated rings. The summed E-state index contributed by atoms with van der Waals surface area (Å²) in [6, 6.07) is 0. The van der Waals surface area contributed by atoms with E-state index in [9.17, 15) is 4.79 Å². The van der Waals surface area contributed by atoms with Crippen molar-refractivity contribution in [1.29, 1.82) is 0 Å². The highest BCUT2D eigenvalue weighted by molar-refractivity contribution is 6.70. The second-order valence-electron chi connectivity index (χ2n) is 4.76. The fraction of sp³-hybridized carbons (Fsp3) is 0.900. The number of hydrogen-bond donors (Lipinski definition) is 0. The van der Waals surface area contributed by atoms with Crippen LogP contribution >= 0.6 is 23.2 Å². The normalized spacial score (nSPS) is 33.8. The predicted octanol–water partition coefficient (Wildman–Crippen LogP) is 3.72. The molecule has 1 nitrogen and oxygen atoms in total. The molecule has 0 saturated heterocycles. The van der Waals surface area contributed by atoms with Crippen molar-refractivity contribution in [2.75, 3.05) is 0 Å². The molecule has 0 bridgehead atoms. The smallest absolute Gasteiger partial charge is 0.242 e. The lowest BCUT2D eigenvalue weighted by Crippen LogP contribution is -2.28. The summed E-state index contributed by atoms with van der Waals surface area (Å²) in [6.45, 7) is 4.43. The molecule has 0 N–H and O–H groups in total. The molecule has 0 amide bonds. The molecule has 0 radical (unpaired) electrons. The maximum Gasteiger partial charge on any atom is 0.242 e. The molecule has 1 rings (SSSR count). The maximum atomic E-state index is 11.1. The summed E-state index contributed by atoms with van der Waals surface area (Å²) in [5.74, 6) is 0. The lowest BCUT2D eigenvalue weighted by molar-refractivity contribution is -0.114. The van der Waals surface area contributed by atoms with E-state index < -0.39 is 4.87 Å². The predicted molar refractivity (Wildman–Crippen MR) is 56.3 cm³/mol. The Labute approximate surface area is 89.8 Å². The van der Waals surface area contributed by atoms with E-state index in [1.54, 1.807) is 0 Å². The van der Waals surface area contributed by atoms with E-state index in [0.717, 1.165) is 25.7 Å². The van der Waals surface area contributed by atoms with Crippen molar-refractivity contribution in [1.82, 2.24) is 0 Å². The lowest BCUT2D eigenvalue weighted by Gasteiger charge is -2.23. The average Bonchev–Trinajstić information content (AvgIpc) is 2.12. The van der Waals surface area contributed by atoms with Crippen LogP contribution in [0.3, 0.4) is 0 Å². The maximum absolute atomic E-state index is 11.1.